The fraction of sp³-hybridized carbons (Fsp3) is 0.167. The van der Waals surface area contributed by atoms with Crippen LogP contribution in [-0.4, -0.2) is 12.9 Å². The van der Waals surface area contributed by atoms with Crippen LogP contribution in [0.25, 0.3) is 10.1 Å². The molecule has 0 aliphatic carbocycles. The van der Waals surface area contributed by atoms with E-state index in [1.807, 2.05) is 47.8 Å². The van der Waals surface area contributed by atoms with Crippen LogP contribution in [0.2, 0.25) is 0 Å². The third kappa shape index (κ3) is 2.98. The summed E-state index contributed by atoms with van der Waals surface area (Å²) >= 11 is 1.63. The molecule has 0 amide bonds. The van der Waals surface area contributed by atoms with Crippen molar-refractivity contribution >= 4 is 27.2 Å². The van der Waals surface area contributed by atoms with E-state index in [0.717, 1.165) is 33.4 Å². The van der Waals surface area contributed by atoms with E-state index < -0.39 is 0 Å². The summed E-state index contributed by atoms with van der Waals surface area (Å²) in [6.45, 7) is 0. The molecule has 0 spiro atoms. The minimum Gasteiger partial charge on any atom is -0.497 e. The number of ketones is 1. The molecule has 2 nitrogen and oxygen atoms in total. The number of carbonyl (C=O) groups excluding carboxylic acids is 1. The fourth-order valence-corrected chi connectivity index (χ4v) is 3.33. The standard InChI is InChI=1S/C18H16O2S/c1-20-15-8-5-13(6-9-15)7-10-17(19)16-4-2-3-14-11-12-21-18(14)16/h2-6,8-9,11-12H,7,10H2,1H3. The van der Waals surface area contributed by atoms with E-state index in [1.54, 1.807) is 18.4 Å². The number of ether oxygens (including phenoxy) is 1. The number of thiophene rings is 1. The van der Waals surface area contributed by atoms with Gasteiger partial charge in [-0.1, -0.05) is 24.3 Å². The molecule has 0 saturated carbocycles. The predicted molar refractivity (Wildman–Crippen MR) is 87.5 cm³/mol. The first-order valence-corrected chi connectivity index (χ1v) is 7.78. The summed E-state index contributed by atoms with van der Waals surface area (Å²) < 4.78 is 6.23. The lowest BCUT2D eigenvalue weighted by Gasteiger charge is -2.04. The molecular weight excluding hydrogens is 280 g/mol. The molecule has 0 unspecified atom stereocenters. The van der Waals surface area contributed by atoms with Crippen LogP contribution in [0.1, 0.15) is 22.3 Å². The van der Waals surface area contributed by atoms with Gasteiger partial charge in [-0.3, -0.25) is 4.79 Å². The largest absolute Gasteiger partial charge is 0.497 e. The van der Waals surface area contributed by atoms with Crippen molar-refractivity contribution < 1.29 is 9.53 Å². The van der Waals surface area contributed by atoms with E-state index >= 15 is 0 Å². The topological polar surface area (TPSA) is 26.3 Å². The molecule has 1 heterocycles. The zero-order valence-corrected chi connectivity index (χ0v) is 12.7. The molecule has 3 aromatic rings. The molecule has 0 fully saturated rings. The zero-order valence-electron chi connectivity index (χ0n) is 11.8. The summed E-state index contributed by atoms with van der Waals surface area (Å²) in [5.41, 5.74) is 2.00. The van der Waals surface area contributed by atoms with Gasteiger partial charge < -0.3 is 4.74 Å². The zero-order chi connectivity index (χ0) is 14.7. The SMILES string of the molecule is COc1ccc(CCC(=O)c2cccc3ccsc23)cc1. The summed E-state index contributed by atoms with van der Waals surface area (Å²) in [7, 11) is 1.65. The molecule has 2 aromatic carbocycles. The molecule has 0 N–H and O–H groups in total. The molecule has 1 aromatic heterocycles. The van der Waals surface area contributed by atoms with Crippen molar-refractivity contribution in [1.29, 1.82) is 0 Å². The van der Waals surface area contributed by atoms with Crippen molar-refractivity contribution in [3.63, 3.8) is 0 Å². The lowest BCUT2D eigenvalue weighted by molar-refractivity contribution is 0.0984. The van der Waals surface area contributed by atoms with Crippen LogP contribution in [0.5, 0.6) is 5.75 Å². The second-order valence-corrected chi connectivity index (χ2v) is 5.83. The second kappa shape index (κ2) is 6.10. The number of fused-ring (bicyclic) bond motifs is 1. The molecule has 106 valence electrons. The van der Waals surface area contributed by atoms with E-state index in [4.69, 9.17) is 4.74 Å². The van der Waals surface area contributed by atoms with Crippen molar-refractivity contribution in [2.45, 2.75) is 12.8 Å². The minimum absolute atomic E-state index is 0.207. The maximum absolute atomic E-state index is 12.4. The second-order valence-electron chi connectivity index (χ2n) is 4.92. The Morgan fingerprint density at radius 2 is 1.90 bits per heavy atom. The van der Waals surface area contributed by atoms with E-state index in [-0.39, 0.29) is 5.78 Å². The number of methoxy groups -OCH3 is 1. The summed E-state index contributed by atoms with van der Waals surface area (Å²) in [5, 5.41) is 3.18. The number of benzene rings is 2. The number of hydrogen-bond donors (Lipinski definition) is 0. The molecule has 0 aliphatic rings. The van der Waals surface area contributed by atoms with Gasteiger partial charge >= 0.3 is 0 Å². The van der Waals surface area contributed by atoms with Gasteiger partial charge in [-0.05, 0) is 47.0 Å². The van der Waals surface area contributed by atoms with Gasteiger partial charge in [0.05, 0.1) is 7.11 Å². The Morgan fingerprint density at radius 1 is 1.10 bits per heavy atom. The number of Topliss-reactive ketones (excluding diaryl/α,β-unsaturated/α-hetero) is 1. The highest BCUT2D eigenvalue weighted by Gasteiger charge is 2.11. The van der Waals surface area contributed by atoms with Crippen LogP contribution in [0.4, 0.5) is 0 Å². The monoisotopic (exact) mass is 296 g/mol. The van der Waals surface area contributed by atoms with Crippen LogP contribution in [0.15, 0.2) is 53.9 Å². The molecule has 3 heteroatoms. The fourth-order valence-electron chi connectivity index (χ4n) is 2.40. The third-order valence-electron chi connectivity index (χ3n) is 3.58. The van der Waals surface area contributed by atoms with Crippen molar-refractivity contribution in [3.05, 3.63) is 65.0 Å². The normalized spacial score (nSPS) is 10.7. The van der Waals surface area contributed by atoms with Crippen LogP contribution < -0.4 is 4.74 Å². The van der Waals surface area contributed by atoms with Gasteiger partial charge in [0.2, 0.25) is 0 Å². The van der Waals surface area contributed by atoms with Crippen LogP contribution >= 0.6 is 11.3 Å². The van der Waals surface area contributed by atoms with Crippen molar-refractivity contribution in [2.75, 3.05) is 7.11 Å². The van der Waals surface area contributed by atoms with Crippen LogP contribution in [0.3, 0.4) is 0 Å². The lowest BCUT2D eigenvalue weighted by atomic mass is 10.0. The van der Waals surface area contributed by atoms with Gasteiger partial charge in [0.25, 0.3) is 0 Å². The van der Waals surface area contributed by atoms with E-state index in [0.29, 0.717) is 6.42 Å². The van der Waals surface area contributed by atoms with Gasteiger partial charge in [-0.15, -0.1) is 11.3 Å². The van der Waals surface area contributed by atoms with Crippen molar-refractivity contribution in [2.24, 2.45) is 0 Å². The Hall–Kier alpha value is -2.13. The summed E-state index contributed by atoms with van der Waals surface area (Å²) in [6.07, 6.45) is 1.29. The highest BCUT2D eigenvalue weighted by molar-refractivity contribution is 7.17. The first-order chi connectivity index (χ1) is 10.3. The van der Waals surface area contributed by atoms with E-state index in [9.17, 15) is 4.79 Å². The molecule has 0 radical (unpaired) electrons. The van der Waals surface area contributed by atoms with Gasteiger partial charge in [-0.25, -0.2) is 0 Å². The molecule has 0 atom stereocenters. The van der Waals surface area contributed by atoms with Crippen LogP contribution in [-0.2, 0) is 6.42 Å². The first-order valence-electron chi connectivity index (χ1n) is 6.90. The van der Waals surface area contributed by atoms with Crippen molar-refractivity contribution in [3.8, 4) is 5.75 Å². The quantitative estimate of drug-likeness (QED) is 0.636. The van der Waals surface area contributed by atoms with Gasteiger partial charge in [0.15, 0.2) is 5.78 Å². The number of rotatable bonds is 5. The number of aryl methyl sites for hydroxylation is 1. The van der Waals surface area contributed by atoms with Gasteiger partial charge in [0, 0.05) is 16.7 Å². The average Bonchev–Trinajstić information content (AvgIpc) is 3.01. The van der Waals surface area contributed by atoms with Gasteiger partial charge in [-0.2, -0.15) is 0 Å². The highest BCUT2D eigenvalue weighted by Crippen LogP contribution is 2.26. The Labute approximate surface area is 128 Å². The smallest absolute Gasteiger partial charge is 0.164 e. The van der Waals surface area contributed by atoms with Gasteiger partial charge in [0.1, 0.15) is 5.75 Å². The number of hydrogen-bond acceptors (Lipinski definition) is 3. The maximum atomic E-state index is 12.4. The number of carbonyl (C=O) groups is 1. The summed E-state index contributed by atoms with van der Waals surface area (Å²) in [6, 6.07) is 15.9. The minimum atomic E-state index is 0.207. The Bertz CT molecular complexity index is 756. The van der Waals surface area contributed by atoms with E-state index in [1.165, 1.54) is 0 Å². The Kier molecular flexibility index (Phi) is 4.02. The molecule has 21 heavy (non-hydrogen) atoms. The predicted octanol–water partition coefficient (Wildman–Crippen LogP) is 4.73. The average molecular weight is 296 g/mol. The first kappa shape index (κ1) is 13.8. The lowest BCUT2D eigenvalue weighted by Crippen LogP contribution is -2.01. The van der Waals surface area contributed by atoms with Crippen LogP contribution in [0, 0.1) is 0 Å². The Balaban J connectivity index is 1.72. The molecule has 0 bridgehead atoms. The molecule has 0 aliphatic heterocycles. The third-order valence-corrected chi connectivity index (χ3v) is 4.54. The molecule has 0 saturated heterocycles. The van der Waals surface area contributed by atoms with E-state index in [2.05, 4.69) is 6.07 Å². The summed E-state index contributed by atoms with van der Waals surface area (Å²) in [4.78, 5) is 12.4. The van der Waals surface area contributed by atoms with Crippen molar-refractivity contribution in [1.82, 2.24) is 0 Å². The Morgan fingerprint density at radius 3 is 2.67 bits per heavy atom. The molecule has 3 rings (SSSR count). The highest BCUT2D eigenvalue weighted by atomic mass is 32.1. The maximum Gasteiger partial charge on any atom is 0.164 e. The molecular formula is C18H16O2S. The summed E-state index contributed by atoms with van der Waals surface area (Å²) in [5.74, 6) is 1.05.